The number of hydrogen-bond donors (Lipinski definition) is 0. The Hall–Kier alpha value is 0.0887. The Labute approximate surface area is 188 Å². The van der Waals surface area contributed by atoms with Gasteiger partial charge < -0.3 is 19.8 Å². The first-order valence-electron chi connectivity index (χ1n) is 11.1. The maximum absolute atomic E-state index is 10.1. The number of carbonyl (C=O) groups is 2. The van der Waals surface area contributed by atoms with Gasteiger partial charge in [-0.25, -0.2) is 0 Å². The van der Waals surface area contributed by atoms with Crippen molar-refractivity contribution in [3.8, 4) is 0 Å². The predicted molar refractivity (Wildman–Crippen MR) is 119 cm³/mol. The van der Waals surface area contributed by atoms with E-state index in [1.54, 1.807) is 21.7 Å². The van der Waals surface area contributed by atoms with Gasteiger partial charge in [0.25, 0.3) is 0 Å². The molecule has 0 aliphatic carbocycles. The number of hydrogen-bond acceptors (Lipinski definition) is 5. The van der Waals surface area contributed by atoms with Gasteiger partial charge in [-0.05, 0) is 13.8 Å². The molecule has 0 fully saturated rings. The van der Waals surface area contributed by atoms with Crippen LogP contribution in [-0.2, 0) is 9.59 Å². The van der Waals surface area contributed by atoms with E-state index in [9.17, 15) is 19.8 Å². The number of carboxylic acids is 2. The Kier molecular flexibility index (Phi) is 25.3. The van der Waals surface area contributed by atoms with Crippen LogP contribution < -0.4 is 10.2 Å². The molecule has 0 aromatic rings. The summed E-state index contributed by atoms with van der Waals surface area (Å²) in [7, 11) is 0. The van der Waals surface area contributed by atoms with Gasteiger partial charge in [-0.2, -0.15) is 0 Å². The van der Waals surface area contributed by atoms with E-state index in [-0.39, 0.29) is 21.1 Å². The van der Waals surface area contributed by atoms with Gasteiger partial charge in [0.15, 0.2) is 0 Å². The van der Waals surface area contributed by atoms with Crippen LogP contribution in [0.15, 0.2) is 0 Å². The van der Waals surface area contributed by atoms with E-state index in [1.165, 1.54) is 78.1 Å². The van der Waals surface area contributed by atoms with E-state index in [0.717, 1.165) is 11.8 Å². The fourth-order valence-electron chi connectivity index (χ4n) is 2.60. The van der Waals surface area contributed by atoms with E-state index < -0.39 is 22.4 Å². The van der Waals surface area contributed by atoms with Gasteiger partial charge in [0.2, 0.25) is 0 Å². The summed E-state index contributed by atoms with van der Waals surface area (Å²) in [5, 5.41) is 18.6. The molecular formula is C22H42O4SSn. The van der Waals surface area contributed by atoms with Crippen molar-refractivity contribution in [2.24, 2.45) is 0 Å². The number of rotatable bonds is 18. The maximum atomic E-state index is 10.1. The van der Waals surface area contributed by atoms with E-state index >= 15 is 0 Å². The summed E-state index contributed by atoms with van der Waals surface area (Å²) in [6.07, 6.45) is 17.8. The second-order valence-corrected chi connectivity index (χ2v) is 13.3. The van der Waals surface area contributed by atoms with Crippen LogP contribution in [0.1, 0.15) is 105 Å². The van der Waals surface area contributed by atoms with Crippen LogP contribution >= 0.6 is 11.8 Å². The molecule has 0 bridgehead atoms. The second-order valence-electron chi connectivity index (χ2n) is 7.34. The van der Waals surface area contributed by atoms with Crippen LogP contribution in [0.2, 0.25) is 8.87 Å². The summed E-state index contributed by atoms with van der Waals surface area (Å²) in [5.74, 6) is -2.52. The second kappa shape index (κ2) is 23.4. The fraction of sp³-hybridized carbons (Fsp3) is 0.909. The first kappa shape index (κ1) is 30.3. The van der Waals surface area contributed by atoms with E-state index in [2.05, 4.69) is 13.8 Å². The quantitative estimate of drug-likeness (QED) is 0.199. The van der Waals surface area contributed by atoms with Crippen molar-refractivity contribution in [2.45, 2.75) is 124 Å². The summed E-state index contributed by atoms with van der Waals surface area (Å²) in [4.78, 5) is 20.2. The van der Waals surface area contributed by atoms with Crippen molar-refractivity contribution < 1.29 is 19.8 Å². The van der Waals surface area contributed by atoms with Crippen molar-refractivity contribution in [1.82, 2.24) is 0 Å². The summed E-state index contributed by atoms with van der Waals surface area (Å²) >= 11 is 0.865. The third kappa shape index (κ3) is 24.1. The number of carbonyl (C=O) groups excluding carboxylic acids is 2. The number of thioether (sulfide) groups is 1. The summed E-state index contributed by atoms with van der Waals surface area (Å²) in [6, 6.07) is 0. The van der Waals surface area contributed by atoms with Crippen molar-refractivity contribution in [2.75, 3.05) is 0 Å². The third-order valence-corrected chi connectivity index (χ3v) is 9.72. The Morgan fingerprint density at radius 3 is 1.32 bits per heavy atom. The van der Waals surface area contributed by atoms with Gasteiger partial charge in [-0.15, -0.1) is 11.8 Å². The van der Waals surface area contributed by atoms with Crippen LogP contribution in [0.5, 0.6) is 0 Å². The molecule has 0 radical (unpaired) electrons. The standard InChI is InChI=1S/2C8H17.C6H10O4S.Sn/c2*1-3-5-7-8-6-4-2;1-3(5(7)8)11-4(2)6(9)10;/h2*1,3-8H2,2H3;3-4H,1-2H3,(H,7,8)(H,9,10);/q;;;+2/p-2. The molecule has 2 atom stereocenters. The molecule has 2 unspecified atom stereocenters. The van der Waals surface area contributed by atoms with Crippen LogP contribution in [0.4, 0.5) is 0 Å². The topological polar surface area (TPSA) is 80.3 Å². The van der Waals surface area contributed by atoms with E-state index in [4.69, 9.17) is 0 Å². The molecule has 0 saturated carbocycles. The number of unbranched alkanes of at least 4 members (excludes halogenated alkanes) is 10. The van der Waals surface area contributed by atoms with Crippen molar-refractivity contribution in [1.29, 1.82) is 0 Å². The zero-order valence-electron chi connectivity index (χ0n) is 18.6. The molecule has 0 aliphatic rings. The van der Waals surface area contributed by atoms with Crippen molar-refractivity contribution in [3.63, 3.8) is 0 Å². The molecule has 4 nitrogen and oxygen atoms in total. The summed E-state index contributed by atoms with van der Waals surface area (Å²) in [6.45, 7) is 7.35. The molecule has 6 heteroatoms. The molecule has 164 valence electrons. The van der Waals surface area contributed by atoms with Gasteiger partial charge in [-0.1, -0.05) is 0 Å². The SMILES string of the molecule is CC(SC(C)C(=O)[O-])C(=O)[O-].CCCCCCC[CH2][Sn+2][CH2]CCCCCCC. The fourth-order valence-corrected chi connectivity index (χ4v) is 7.01. The zero-order chi connectivity index (χ0) is 21.6. The van der Waals surface area contributed by atoms with Crippen LogP contribution in [-0.4, -0.2) is 43.6 Å². The van der Waals surface area contributed by atoms with Gasteiger partial charge in [0, 0.05) is 10.5 Å². The first-order chi connectivity index (χ1) is 13.4. The molecule has 0 aliphatic heterocycles. The third-order valence-electron chi connectivity index (χ3n) is 4.49. The minimum absolute atomic E-state index is 0.0736. The molecule has 0 rings (SSSR count). The van der Waals surface area contributed by atoms with E-state index in [1.807, 2.05) is 0 Å². The molecular weight excluding hydrogens is 479 g/mol. The minimum atomic E-state index is -1.26. The van der Waals surface area contributed by atoms with Crippen molar-refractivity contribution in [3.05, 3.63) is 0 Å². The van der Waals surface area contributed by atoms with E-state index in [0.29, 0.717) is 0 Å². The van der Waals surface area contributed by atoms with Crippen LogP contribution in [0.25, 0.3) is 0 Å². The molecule has 0 spiro atoms. The van der Waals surface area contributed by atoms with Gasteiger partial charge >= 0.3 is 121 Å². The van der Waals surface area contributed by atoms with Crippen molar-refractivity contribution >= 4 is 44.8 Å². The summed E-state index contributed by atoms with van der Waals surface area (Å²) in [5.41, 5.74) is 0. The normalized spacial score (nSPS) is 12.4. The average Bonchev–Trinajstić information content (AvgIpc) is 2.65. The van der Waals surface area contributed by atoms with Crippen LogP contribution in [0.3, 0.4) is 0 Å². The van der Waals surface area contributed by atoms with Crippen LogP contribution in [0, 0.1) is 0 Å². The Bertz CT molecular complexity index is 334. The molecule has 0 amide bonds. The monoisotopic (exact) mass is 522 g/mol. The molecule has 0 N–H and O–H groups in total. The predicted octanol–water partition coefficient (Wildman–Crippen LogP) is 4.24. The van der Waals surface area contributed by atoms with Gasteiger partial charge in [0.05, 0.1) is 11.9 Å². The summed E-state index contributed by atoms with van der Waals surface area (Å²) < 4.78 is 3.31. The Morgan fingerprint density at radius 1 is 0.679 bits per heavy atom. The molecule has 0 heterocycles. The Balaban J connectivity index is 0. The average molecular weight is 521 g/mol. The zero-order valence-corrected chi connectivity index (χ0v) is 22.3. The molecule has 0 saturated heterocycles. The number of aliphatic carboxylic acids is 2. The van der Waals surface area contributed by atoms with Gasteiger partial charge in [-0.3, -0.25) is 0 Å². The number of carboxylic acid groups (broad SMARTS) is 2. The molecule has 28 heavy (non-hydrogen) atoms. The first-order valence-corrected chi connectivity index (χ1v) is 16.1. The van der Waals surface area contributed by atoms with Gasteiger partial charge in [0.1, 0.15) is 0 Å². The molecule has 0 aromatic heterocycles. The Morgan fingerprint density at radius 2 is 1.00 bits per heavy atom. The molecule has 0 aromatic carbocycles.